The van der Waals surface area contributed by atoms with Gasteiger partial charge in [-0.05, 0) is 37.5 Å². The smallest absolute Gasteiger partial charge is 0.101 e. The summed E-state index contributed by atoms with van der Waals surface area (Å²) in [4.78, 5) is 0. The molecule has 0 bridgehead atoms. The van der Waals surface area contributed by atoms with Gasteiger partial charge in [0.2, 0.25) is 0 Å². The molecule has 0 aliphatic heterocycles. The van der Waals surface area contributed by atoms with Gasteiger partial charge in [-0.1, -0.05) is 25.4 Å². The predicted molar refractivity (Wildman–Crippen MR) is 74.7 cm³/mol. The number of nitrogens with zero attached hydrogens (tertiary/aromatic N) is 1. The van der Waals surface area contributed by atoms with Gasteiger partial charge in [-0.2, -0.15) is 5.26 Å². The number of hydrogen-bond donors (Lipinski definition) is 2. The topological polar surface area (TPSA) is 56.0 Å². The van der Waals surface area contributed by atoms with Gasteiger partial charge >= 0.3 is 0 Å². The molecule has 1 atom stereocenters. The molecule has 2 N–H and O–H groups in total. The number of aliphatic hydroxyl groups is 1. The molecule has 0 heterocycles. The fraction of sp³-hybridized carbons (Fsp3) is 0.500. The summed E-state index contributed by atoms with van der Waals surface area (Å²) >= 11 is 5.94. The lowest BCUT2D eigenvalue weighted by atomic mass is 9.94. The molecule has 0 saturated heterocycles. The van der Waals surface area contributed by atoms with Gasteiger partial charge in [0.15, 0.2) is 0 Å². The van der Waals surface area contributed by atoms with Crippen LogP contribution in [0.3, 0.4) is 0 Å². The van der Waals surface area contributed by atoms with Gasteiger partial charge in [0, 0.05) is 12.2 Å². The molecular formula is C14H19ClN2O. The van der Waals surface area contributed by atoms with Gasteiger partial charge in [0.1, 0.15) is 6.07 Å². The summed E-state index contributed by atoms with van der Waals surface area (Å²) < 4.78 is 0. The lowest BCUT2D eigenvalue weighted by Crippen LogP contribution is -2.34. The molecule has 0 aliphatic carbocycles. The van der Waals surface area contributed by atoms with Crippen molar-refractivity contribution in [3.8, 4) is 6.07 Å². The summed E-state index contributed by atoms with van der Waals surface area (Å²) in [6.07, 6.45) is 0.726. The third-order valence-corrected chi connectivity index (χ3v) is 2.92. The quantitative estimate of drug-likeness (QED) is 0.859. The minimum absolute atomic E-state index is 0.422. The molecule has 1 aromatic rings. The first-order valence-electron chi connectivity index (χ1n) is 6.00. The first-order valence-corrected chi connectivity index (χ1v) is 6.38. The highest BCUT2D eigenvalue weighted by Crippen LogP contribution is 2.22. The summed E-state index contributed by atoms with van der Waals surface area (Å²) in [5.74, 6) is 0.436. The molecule has 4 heteroatoms. The average molecular weight is 267 g/mol. The van der Waals surface area contributed by atoms with E-state index in [1.165, 1.54) is 0 Å². The first kappa shape index (κ1) is 14.8. The second kappa shape index (κ2) is 6.08. The summed E-state index contributed by atoms with van der Waals surface area (Å²) in [5.41, 5.74) is 0.508. The predicted octanol–water partition coefficient (Wildman–Crippen LogP) is 3.42. The maximum absolute atomic E-state index is 10.2. The van der Waals surface area contributed by atoms with Crippen LogP contribution in [-0.4, -0.2) is 17.3 Å². The van der Waals surface area contributed by atoms with E-state index in [-0.39, 0.29) is 0 Å². The molecule has 1 unspecified atom stereocenters. The number of halogens is 1. The molecule has 0 aliphatic rings. The molecule has 0 radical (unpaired) electrons. The maximum Gasteiger partial charge on any atom is 0.101 e. The number of anilines is 1. The van der Waals surface area contributed by atoms with E-state index in [0.717, 1.165) is 12.1 Å². The van der Waals surface area contributed by atoms with E-state index >= 15 is 0 Å². The van der Waals surface area contributed by atoms with Crippen LogP contribution < -0.4 is 5.32 Å². The van der Waals surface area contributed by atoms with Crippen molar-refractivity contribution in [1.82, 2.24) is 0 Å². The van der Waals surface area contributed by atoms with Crippen molar-refractivity contribution < 1.29 is 5.11 Å². The van der Waals surface area contributed by atoms with Crippen LogP contribution in [0.4, 0.5) is 5.69 Å². The molecule has 18 heavy (non-hydrogen) atoms. The fourth-order valence-corrected chi connectivity index (χ4v) is 2.18. The average Bonchev–Trinajstić information content (AvgIpc) is 2.25. The Hall–Kier alpha value is -1.24. The Bertz CT molecular complexity index is 450. The largest absolute Gasteiger partial charge is 0.388 e. The molecule has 1 aromatic carbocycles. The van der Waals surface area contributed by atoms with E-state index < -0.39 is 5.60 Å². The van der Waals surface area contributed by atoms with E-state index in [9.17, 15) is 5.11 Å². The van der Waals surface area contributed by atoms with Crippen molar-refractivity contribution in [2.75, 3.05) is 11.9 Å². The van der Waals surface area contributed by atoms with Gasteiger partial charge in [-0.3, -0.25) is 0 Å². The Labute approximate surface area is 113 Å². The molecule has 0 aromatic heterocycles. The maximum atomic E-state index is 10.2. The third-order valence-electron chi connectivity index (χ3n) is 2.61. The van der Waals surface area contributed by atoms with Crippen molar-refractivity contribution in [2.24, 2.45) is 5.92 Å². The lowest BCUT2D eigenvalue weighted by molar-refractivity contribution is 0.0515. The Kier molecular flexibility index (Phi) is 5.01. The minimum Gasteiger partial charge on any atom is -0.388 e. The van der Waals surface area contributed by atoms with Crippen LogP contribution in [0, 0.1) is 17.2 Å². The van der Waals surface area contributed by atoms with E-state index in [2.05, 4.69) is 19.2 Å². The molecule has 0 saturated carbocycles. The van der Waals surface area contributed by atoms with Gasteiger partial charge in [0.05, 0.1) is 16.2 Å². The minimum atomic E-state index is -0.755. The van der Waals surface area contributed by atoms with Crippen LogP contribution in [0.1, 0.15) is 32.8 Å². The zero-order valence-electron chi connectivity index (χ0n) is 11.0. The molecule has 0 spiro atoms. The molecular weight excluding hydrogens is 248 g/mol. The van der Waals surface area contributed by atoms with Crippen molar-refractivity contribution in [3.05, 3.63) is 28.8 Å². The van der Waals surface area contributed by atoms with E-state index in [0.29, 0.717) is 23.0 Å². The normalized spacial score (nSPS) is 14.1. The number of hydrogen-bond acceptors (Lipinski definition) is 3. The zero-order chi connectivity index (χ0) is 13.8. The fourth-order valence-electron chi connectivity index (χ4n) is 1.96. The number of nitriles is 1. The van der Waals surface area contributed by atoms with Crippen molar-refractivity contribution >= 4 is 17.3 Å². The van der Waals surface area contributed by atoms with Crippen LogP contribution >= 0.6 is 11.6 Å². The van der Waals surface area contributed by atoms with Crippen LogP contribution in [0.5, 0.6) is 0 Å². The monoisotopic (exact) mass is 266 g/mol. The molecule has 0 fully saturated rings. The Morgan fingerprint density at radius 3 is 2.67 bits per heavy atom. The second-order valence-corrected chi connectivity index (χ2v) is 5.66. The Balaban J connectivity index is 2.64. The van der Waals surface area contributed by atoms with Crippen LogP contribution in [-0.2, 0) is 0 Å². The zero-order valence-corrected chi connectivity index (χ0v) is 11.8. The van der Waals surface area contributed by atoms with Crippen LogP contribution in [0.25, 0.3) is 0 Å². The summed E-state index contributed by atoms with van der Waals surface area (Å²) in [5, 5.41) is 22.5. The van der Waals surface area contributed by atoms with Gasteiger partial charge < -0.3 is 10.4 Å². The summed E-state index contributed by atoms with van der Waals surface area (Å²) in [7, 11) is 0. The van der Waals surface area contributed by atoms with Gasteiger partial charge in [-0.15, -0.1) is 0 Å². The van der Waals surface area contributed by atoms with E-state index in [1.54, 1.807) is 18.2 Å². The summed E-state index contributed by atoms with van der Waals surface area (Å²) in [6.45, 7) is 6.42. The molecule has 1 rings (SSSR count). The van der Waals surface area contributed by atoms with Gasteiger partial charge in [0.25, 0.3) is 0 Å². The second-order valence-electron chi connectivity index (χ2n) is 5.25. The highest BCUT2D eigenvalue weighted by molar-refractivity contribution is 6.32. The van der Waals surface area contributed by atoms with Crippen LogP contribution in [0.2, 0.25) is 5.02 Å². The molecule has 0 amide bonds. The van der Waals surface area contributed by atoms with Crippen molar-refractivity contribution in [1.29, 1.82) is 5.26 Å². The van der Waals surface area contributed by atoms with Crippen molar-refractivity contribution in [2.45, 2.75) is 32.8 Å². The van der Waals surface area contributed by atoms with Gasteiger partial charge in [-0.25, -0.2) is 0 Å². The summed E-state index contributed by atoms with van der Waals surface area (Å²) in [6, 6.07) is 7.17. The highest BCUT2D eigenvalue weighted by Gasteiger charge is 2.21. The standard InChI is InChI=1S/C14H19ClN2O/c1-10(2)7-14(3,18)9-17-12-5-4-11(8-16)13(15)6-12/h4-6,10,17-18H,7,9H2,1-3H3. The number of nitrogens with one attached hydrogen (secondary N) is 1. The third kappa shape index (κ3) is 4.56. The first-order chi connectivity index (χ1) is 8.34. The van der Waals surface area contributed by atoms with E-state index in [1.807, 2.05) is 13.0 Å². The Morgan fingerprint density at radius 1 is 1.50 bits per heavy atom. The number of benzene rings is 1. The lowest BCUT2D eigenvalue weighted by Gasteiger charge is -2.26. The van der Waals surface area contributed by atoms with E-state index in [4.69, 9.17) is 16.9 Å². The SMILES string of the molecule is CC(C)CC(C)(O)CNc1ccc(C#N)c(Cl)c1. The Morgan fingerprint density at radius 2 is 2.17 bits per heavy atom. The van der Waals surface area contributed by atoms with Crippen LogP contribution in [0.15, 0.2) is 18.2 Å². The van der Waals surface area contributed by atoms with Crippen molar-refractivity contribution in [3.63, 3.8) is 0 Å². The number of rotatable bonds is 5. The molecule has 98 valence electrons. The highest BCUT2D eigenvalue weighted by atomic mass is 35.5. The molecule has 3 nitrogen and oxygen atoms in total.